The topological polar surface area (TPSA) is 102 Å². The average molecular weight is 222 g/mol. The summed E-state index contributed by atoms with van der Waals surface area (Å²) in [6, 6.07) is 0. The number of rotatable bonds is 5. The summed E-state index contributed by atoms with van der Waals surface area (Å²) in [5, 5.41) is 16.9. The predicted molar refractivity (Wildman–Crippen MR) is 47.6 cm³/mol. The zero-order chi connectivity index (χ0) is 11.8. The highest BCUT2D eigenvalue weighted by Crippen LogP contribution is 1.96. The maximum atomic E-state index is 10.8. The molecule has 2 atom stereocenters. The molecule has 0 radical (unpaired) electrons. The highest BCUT2D eigenvalue weighted by molar-refractivity contribution is 5.60. The molecular weight excluding hydrogens is 208 g/mol. The van der Waals surface area contributed by atoms with Gasteiger partial charge in [-0.1, -0.05) is 0 Å². The first-order valence-corrected chi connectivity index (χ1v) is 4.29. The lowest BCUT2D eigenvalue weighted by molar-refractivity contribution is -0.0159. The van der Waals surface area contributed by atoms with Crippen molar-refractivity contribution in [1.82, 2.24) is 0 Å². The van der Waals surface area contributed by atoms with Gasteiger partial charge in [-0.05, 0) is 13.8 Å². The number of carboxylic acid groups (broad SMARTS) is 1. The Balaban J connectivity index is 3.62. The van der Waals surface area contributed by atoms with Crippen LogP contribution in [0.3, 0.4) is 0 Å². The Hall–Kier alpha value is -1.50. The van der Waals surface area contributed by atoms with E-state index in [0.717, 1.165) is 0 Å². The molecule has 0 aromatic rings. The second kappa shape index (κ2) is 6.88. The van der Waals surface area contributed by atoms with Gasteiger partial charge in [0, 0.05) is 0 Å². The molecule has 2 N–H and O–H groups in total. The lowest BCUT2D eigenvalue weighted by atomic mass is 10.4. The van der Waals surface area contributed by atoms with Crippen molar-refractivity contribution in [2.45, 2.75) is 26.1 Å². The molecule has 88 valence electrons. The van der Waals surface area contributed by atoms with E-state index in [9.17, 15) is 9.59 Å². The molecule has 7 heteroatoms. The third kappa shape index (κ3) is 8.82. The quantitative estimate of drug-likeness (QED) is 0.656. The molecule has 0 heterocycles. The molecule has 0 aromatic carbocycles. The van der Waals surface area contributed by atoms with E-state index < -0.39 is 24.5 Å². The lowest BCUT2D eigenvalue weighted by Gasteiger charge is -2.12. The molecule has 0 fully saturated rings. The Morgan fingerprint density at radius 2 is 1.80 bits per heavy atom. The van der Waals surface area contributed by atoms with E-state index in [-0.39, 0.29) is 13.2 Å². The molecule has 7 nitrogen and oxygen atoms in total. The number of carbonyl (C=O) groups excluding carboxylic acids is 1. The first-order valence-electron chi connectivity index (χ1n) is 4.29. The Bertz CT molecular complexity index is 213. The first kappa shape index (κ1) is 13.5. The second-order valence-electron chi connectivity index (χ2n) is 2.92. The summed E-state index contributed by atoms with van der Waals surface area (Å²) in [6.07, 6.45) is -3.93. The van der Waals surface area contributed by atoms with Crippen LogP contribution in [0, 0.1) is 0 Å². The summed E-state index contributed by atoms with van der Waals surface area (Å²) in [7, 11) is 0. The van der Waals surface area contributed by atoms with Crippen molar-refractivity contribution < 1.29 is 34.0 Å². The van der Waals surface area contributed by atoms with Crippen molar-refractivity contribution in [3.8, 4) is 0 Å². The molecule has 0 saturated heterocycles. The summed E-state index contributed by atoms with van der Waals surface area (Å²) in [5.74, 6) is 0. The third-order valence-electron chi connectivity index (χ3n) is 1.18. The van der Waals surface area contributed by atoms with E-state index in [1.807, 2.05) is 0 Å². The number of hydrogen-bond donors (Lipinski definition) is 2. The van der Waals surface area contributed by atoms with E-state index in [1.165, 1.54) is 13.8 Å². The predicted octanol–water partition coefficient (Wildman–Crippen LogP) is 0.604. The Morgan fingerprint density at radius 3 is 2.27 bits per heavy atom. The van der Waals surface area contributed by atoms with Gasteiger partial charge in [0.15, 0.2) is 0 Å². The Labute approximate surface area is 86.5 Å². The largest absolute Gasteiger partial charge is 0.508 e. The first-order chi connectivity index (χ1) is 6.91. The van der Waals surface area contributed by atoms with Crippen molar-refractivity contribution in [3.63, 3.8) is 0 Å². The second-order valence-corrected chi connectivity index (χ2v) is 2.92. The molecule has 0 rings (SSSR count). The van der Waals surface area contributed by atoms with Crippen LogP contribution in [0.15, 0.2) is 0 Å². The third-order valence-corrected chi connectivity index (χ3v) is 1.18. The van der Waals surface area contributed by atoms with Crippen LogP contribution < -0.4 is 0 Å². The van der Waals surface area contributed by atoms with Gasteiger partial charge in [0.05, 0.1) is 6.10 Å². The van der Waals surface area contributed by atoms with Gasteiger partial charge < -0.3 is 24.4 Å². The van der Waals surface area contributed by atoms with Crippen molar-refractivity contribution >= 4 is 12.3 Å². The van der Waals surface area contributed by atoms with Crippen molar-refractivity contribution in [2.75, 3.05) is 13.2 Å². The molecule has 15 heavy (non-hydrogen) atoms. The van der Waals surface area contributed by atoms with Crippen LogP contribution in [0.2, 0.25) is 0 Å². The van der Waals surface area contributed by atoms with Crippen LogP contribution in [0.1, 0.15) is 13.8 Å². The van der Waals surface area contributed by atoms with Crippen LogP contribution in [-0.4, -0.2) is 47.9 Å². The van der Waals surface area contributed by atoms with E-state index >= 15 is 0 Å². The zero-order valence-corrected chi connectivity index (χ0v) is 8.50. The van der Waals surface area contributed by atoms with Gasteiger partial charge in [-0.2, -0.15) is 0 Å². The Kier molecular flexibility index (Phi) is 6.19. The fourth-order valence-electron chi connectivity index (χ4n) is 0.610. The van der Waals surface area contributed by atoms with Gasteiger partial charge in [0.1, 0.15) is 19.3 Å². The minimum Gasteiger partial charge on any atom is -0.450 e. The molecule has 0 aliphatic rings. The molecule has 0 saturated carbocycles. The minimum atomic E-state index is -1.44. The number of aliphatic hydroxyl groups excluding tert-OH is 1. The number of hydrogen-bond acceptors (Lipinski definition) is 6. The van der Waals surface area contributed by atoms with Crippen LogP contribution in [-0.2, 0) is 14.2 Å². The standard InChI is InChI=1S/C8H14O7/c1-5(9)3-14-8(12)15-6(2)4-13-7(10)11/h5-6,9H,3-4H2,1-2H3,(H,10,11). The van der Waals surface area contributed by atoms with Crippen molar-refractivity contribution in [3.05, 3.63) is 0 Å². The molecular formula is C8H14O7. The van der Waals surface area contributed by atoms with E-state index in [2.05, 4.69) is 14.2 Å². The summed E-state index contributed by atoms with van der Waals surface area (Å²) in [6.45, 7) is 2.46. The molecule has 0 spiro atoms. The Morgan fingerprint density at radius 1 is 1.20 bits per heavy atom. The summed E-state index contributed by atoms with van der Waals surface area (Å²) >= 11 is 0. The van der Waals surface area contributed by atoms with Crippen LogP contribution in [0.5, 0.6) is 0 Å². The monoisotopic (exact) mass is 222 g/mol. The normalized spacial score (nSPS) is 13.8. The summed E-state index contributed by atoms with van der Waals surface area (Å²) < 4.78 is 13.2. The van der Waals surface area contributed by atoms with E-state index in [1.54, 1.807) is 0 Å². The van der Waals surface area contributed by atoms with Crippen LogP contribution >= 0.6 is 0 Å². The molecule has 0 bridgehead atoms. The number of aliphatic hydroxyl groups is 1. The summed E-state index contributed by atoms with van der Waals surface area (Å²) in [5.41, 5.74) is 0. The summed E-state index contributed by atoms with van der Waals surface area (Å²) in [4.78, 5) is 20.8. The van der Waals surface area contributed by atoms with Gasteiger partial charge in [-0.3, -0.25) is 0 Å². The van der Waals surface area contributed by atoms with Crippen LogP contribution in [0.4, 0.5) is 9.59 Å². The maximum absolute atomic E-state index is 10.8. The van der Waals surface area contributed by atoms with Crippen LogP contribution in [0.25, 0.3) is 0 Å². The lowest BCUT2D eigenvalue weighted by Crippen LogP contribution is -2.24. The van der Waals surface area contributed by atoms with Gasteiger partial charge in [-0.15, -0.1) is 0 Å². The fourth-order valence-corrected chi connectivity index (χ4v) is 0.610. The van der Waals surface area contributed by atoms with Crippen molar-refractivity contribution in [2.24, 2.45) is 0 Å². The molecule has 0 aromatic heterocycles. The maximum Gasteiger partial charge on any atom is 0.508 e. The molecule has 0 amide bonds. The molecule has 0 aliphatic carbocycles. The molecule has 2 unspecified atom stereocenters. The number of ether oxygens (including phenoxy) is 3. The SMILES string of the molecule is CC(O)COC(=O)OC(C)COC(=O)O. The highest BCUT2D eigenvalue weighted by Gasteiger charge is 2.13. The van der Waals surface area contributed by atoms with Gasteiger partial charge in [0.25, 0.3) is 0 Å². The van der Waals surface area contributed by atoms with Gasteiger partial charge >= 0.3 is 12.3 Å². The van der Waals surface area contributed by atoms with Gasteiger partial charge in [0.2, 0.25) is 0 Å². The van der Waals surface area contributed by atoms with E-state index in [0.29, 0.717) is 0 Å². The fraction of sp³-hybridized carbons (Fsp3) is 0.750. The van der Waals surface area contributed by atoms with Crippen molar-refractivity contribution in [1.29, 1.82) is 0 Å². The molecule has 0 aliphatic heterocycles. The smallest absolute Gasteiger partial charge is 0.450 e. The highest BCUT2D eigenvalue weighted by atomic mass is 16.7. The number of carbonyl (C=O) groups is 2. The van der Waals surface area contributed by atoms with Gasteiger partial charge in [-0.25, -0.2) is 9.59 Å². The minimum absolute atomic E-state index is 0.175. The zero-order valence-electron chi connectivity index (χ0n) is 8.50. The average Bonchev–Trinajstić information content (AvgIpc) is 2.11. The van der Waals surface area contributed by atoms with E-state index in [4.69, 9.17) is 10.2 Å².